The van der Waals surface area contributed by atoms with E-state index in [0.717, 1.165) is 17.3 Å². The summed E-state index contributed by atoms with van der Waals surface area (Å²) in [6.45, 7) is 1.48. The molecule has 1 heterocycles. The van der Waals surface area contributed by atoms with Gasteiger partial charge in [0, 0.05) is 0 Å². The van der Waals surface area contributed by atoms with E-state index in [-0.39, 0.29) is 23.5 Å². The minimum atomic E-state index is -0.393. The van der Waals surface area contributed by atoms with E-state index < -0.39 is 5.25 Å². The highest BCUT2D eigenvalue weighted by molar-refractivity contribution is 8.15. The Morgan fingerprint density at radius 3 is 2.84 bits per heavy atom. The molecule has 5 nitrogen and oxygen atoms in total. The maximum absolute atomic E-state index is 11.5. The van der Waals surface area contributed by atoms with E-state index in [0.29, 0.717) is 12.2 Å². The molecular weight excluding hydrogens is 266 g/mol. The maximum Gasteiger partial charge on any atom is 0.286 e. The predicted molar refractivity (Wildman–Crippen MR) is 71.2 cm³/mol. The molecule has 0 spiro atoms. The number of amides is 2. The fourth-order valence-corrected chi connectivity index (χ4v) is 2.55. The fraction of sp³-hybridized carbons (Fsp3) is 0.308. The van der Waals surface area contributed by atoms with Gasteiger partial charge in [-0.2, -0.15) is 0 Å². The molecule has 0 aliphatic carbocycles. The van der Waals surface area contributed by atoms with Gasteiger partial charge in [0.25, 0.3) is 5.24 Å². The summed E-state index contributed by atoms with van der Waals surface area (Å²) in [5, 5.41) is 1.55. The third kappa shape index (κ3) is 3.82. The molecule has 0 radical (unpaired) electrons. The van der Waals surface area contributed by atoms with Gasteiger partial charge < -0.3 is 4.74 Å². The number of ketones is 1. The second kappa shape index (κ2) is 5.88. The SMILES string of the molecule is CC(=O)COc1cccc(CC2SC(=O)NC2=O)c1. The zero-order valence-corrected chi connectivity index (χ0v) is 11.2. The summed E-state index contributed by atoms with van der Waals surface area (Å²) < 4.78 is 5.30. The number of hydrogen-bond acceptors (Lipinski definition) is 5. The molecule has 1 saturated heterocycles. The van der Waals surface area contributed by atoms with Crippen LogP contribution in [0.2, 0.25) is 0 Å². The minimum absolute atomic E-state index is 0.0284. The third-order valence-corrected chi connectivity index (χ3v) is 3.51. The van der Waals surface area contributed by atoms with Gasteiger partial charge in [0.1, 0.15) is 12.4 Å². The number of rotatable bonds is 5. The van der Waals surface area contributed by atoms with Gasteiger partial charge in [0.05, 0.1) is 5.25 Å². The second-order valence-corrected chi connectivity index (χ2v) is 5.40. The largest absolute Gasteiger partial charge is 0.486 e. The molecule has 1 aromatic carbocycles. The lowest BCUT2D eigenvalue weighted by atomic mass is 10.1. The Balaban J connectivity index is 2.00. The molecule has 1 N–H and O–H groups in total. The molecule has 6 heteroatoms. The van der Waals surface area contributed by atoms with Crippen LogP contribution in [0.4, 0.5) is 4.79 Å². The van der Waals surface area contributed by atoms with Gasteiger partial charge in [-0.15, -0.1) is 0 Å². The van der Waals surface area contributed by atoms with Crippen LogP contribution in [0.3, 0.4) is 0 Å². The first-order chi connectivity index (χ1) is 9.04. The van der Waals surface area contributed by atoms with Crippen molar-refractivity contribution in [2.24, 2.45) is 0 Å². The molecule has 1 aliphatic rings. The highest BCUT2D eigenvalue weighted by Gasteiger charge is 2.31. The van der Waals surface area contributed by atoms with Crippen LogP contribution in [-0.2, 0) is 16.0 Å². The van der Waals surface area contributed by atoms with Crippen LogP contribution in [0.1, 0.15) is 12.5 Å². The summed E-state index contributed by atoms with van der Waals surface area (Å²) in [7, 11) is 0. The van der Waals surface area contributed by atoms with Gasteiger partial charge in [0.15, 0.2) is 5.78 Å². The topological polar surface area (TPSA) is 72.5 Å². The number of benzene rings is 1. The lowest BCUT2D eigenvalue weighted by molar-refractivity contribution is -0.119. The Hall–Kier alpha value is -1.82. The predicted octanol–water partition coefficient (Wildman–Crippen LogP) is 1.55. The number of carbonyl (C=O) groups excluding carboxylic acids is 3. The third-order valence-electron chi connectivity index (χ3n) is 2.53. The number of ether oxygens (including phenoxy) is 1. The summed E-state index contributed by atoms with van der Waals surface area (Å²) >= 11 is 0.998. The smallest absolute Gasteiger partial charge is 0.286 e. The quantitative estimate of drug-likeness (QED) is 0.885. The first-order valence-electron chi connectivity index (χ1n) is 5.77. The molecule has 1 aliphatic heterocycles. The molecule has 2 amide bonds. The van der Waals surface area contributed by atoms with Gasteiger partial charge in [0.2, 0.25) is 5.91 Å². The van der Waals surface area contributed by atoms with Crippen molar-refractivity contribution in [1.29, 1.82) is 0 Å². The van der Waals surface area contributed by atoms with Crippen LogP contribution in [0.5, 0.6) is 5.75 Å². The van der Waals surface area contributed by atoms with Crippen molar-refractivity contribution in [2.45, 2.75) is 18.6 Å². The molecule has 19 heavy (non-hydrogen) atoms. The molecule has 0 aromatic heterocycles. The Morgan fingerprint density at radius 2 is 2.21 bits per heavy atom. The van der Waals surface area contributed by atoms with E-state index in [1.807, 2.05) is 6.07 Å². The molecule has 1 aromatic rings. The molecule has 2 rings (SSSR count). The van der Waals surface area contributed by atoms with Crippen molar-refractivity contribution in [1.82, 2.24) is 5.32 Å². The van der Waals surface area contributed by atoms with Crippen molar-refractivity contribution in [2.75, 3.05) is 6.61 Å². The number of nitrogens with one attached hydrogen (secondary N) is 1. The zero-order valence-electron chi connectivity index (χ0n) is 10.3. The molecule has 0 saturated carbocycles. The van der Waals surface area contributed by atoms with Crippen molar-refractivity contribution >= 4 is 28.7 Å². The van der Waals surface area contributed by atoms with Crippen LogP contribution in [0, 0.1) is 0 Å². The average molecular weight is 279 g/mol. The summed E-state index contributed by atoms with van der Waals surface area (Å²) in [5.74, 6) is 0.272. The molecule has 100 valence electrons. The number of imide groups is 1. The van der Waals surface area contributed by atoms with E-state index >= 15 is 0 Å². The van der Waals surface area contributed by atoms with E-state index in [1.54, 1.807) is 18.2 Å². The molecule has 1 unspecified atom stereocenters. The van der Waals surface area contributed by atoms with E-state index in [9.17, 15) is 14.4 Å². The number of hydrogen-bond donors (Lipinski definition) is 1. The van der Waals surface area contributed by atoms with E-state index in [4.69, 9.17) is 4.74 Å². The van der Waals surface area contributed by atoms with E-state index in [2.05, 4.69) is 5.32 Å². The molecule has 1 atom stereocenters. The van der Waals surface area contributed by atoms with Crippen molar-refractivity contribution < 1.29 is 19.1 Å². The summed E-state index contributed by atoms with van der Waals surface area (Å²) in [5.41, 5.74) is 0.892. The van der Waals surface area contributed by atoms with Crippen molar-refractivity contribution in [3.05, 3.63) is 29.8 Å². The van der Waals surface area contributed by atoms with Gasteiger partial charge >= 0.3 is 0 Å². The fourth-order valence-electron chi connectivity index (χ4n) is 1.69. The first kappa shape index (κ1) is 13.6. The molecule has 0 bridgehead atoms. The number of Topliss-reactive ketones (excluding diaryl/α,β-unsaturated/α-hetero) is 1. The molecule has 1 fully saturated rings. The second-order valence-electron chi connectivity index (χ2n) is 4.23. The number of thioether (sulfide) groups is 1. The summed E-state index contributed by atoms with van der Waals surface area (Å²) in [4.78, 5) is 33.4. The maximum atomic E-state index is 11.5. The van der Waals surface area contributed by atoms with Crippen molar-refractivity contribution in [3.63, 3.8) is 0 Å². The van der Waals surface area contributed by atoms with Gasteiger partial charge in [-0.25, -0.2) is 0 Å². The highest BCUT2D eigenvalue weighted by atomic mass is 32.2. The van der Waals surface area contributed by atoms with Crippen LogP contribution < -0.4 is 10.1 Å². The highest BCUT2D eigenvalue weighted by Crippen LogP contribution is 2.24. The standard InChI is InChI=1S/C13H13NO4S/c1-8(15)7-18-10-4-2-3-9(5-10)6-11-12(16)14-13(17)19-11/h2-5,11H,6-7H2,1H3,(H,14,16,17). The Labute approximate surface area is 114 Å². The lowest BCUT2D eigenvalue weighted by Gasteiger charge is -2.08. The normalized spacial score (nSPS) is 18.3. The van der Waals surface area contributed by atoms with Gasteiger partial charge in [-0.3, -0.25) is 19.7 Å². The van der Waals surface area contributed by atoms with Crippen LogP contribution in [-0.4, -0.2) is 28.8 Å². The average Bonchev–Trinajstić information content (AvgIpc) is 2.66. The van der Waals surface area contributed by atoms with Crippen LogP contribution in [0.25, 0.3) is 0 Å². The first-order valence-corrected chi connectivity index (χ1v) is 6.65. The number of carbonyl (C=O) groups is 3. The summed E-state index contributed by atoms with van der Waals surface area (Å²) in [6.07, 6.45) is 0.458. The Bertz CT molecular complexity index is 529. The van der Waals surface area contributed by atoms with Gasteiger partial charge in [-0.1, -0.05) is 23.9 Å². The van der Waals surface area contributed by atoms with Crippen molar-refractivity contribution in [3.8, 4) is 5.75 Å². The monoisotopic (exact) mass is 279 g/mol. The minimum Gasteiger partial charge on any atom is -0.486 e. The molecular formula is C13H13NO4S. The zero-order chi connectivity index (χ0) is 13.8. The van der Waals surface area contributed by atoms with E-state index in [1.165, 1.54) is 6.92 Å². The lowest BCUT2D eigenvalue weighted by Crippen LogP contribution is -2.25. The Kier molecular flexibility index (Phi) is 4.21. The summed E-state index contributed by atoms with van der Waals surface area (Å²) in [6, 6.07) is 7.18. The Morgan fingerprint density at radius 1 is 1.42 bits per heavy atom. The van der Waals surface area contributed by atoms with Crippen LogP contribution >= 0.6 is 11.8 Å². The van der Waals surface area contributed by atoms with Crippen LogP contribution in [0.15, 0.2) is 24.3 Å². The van der Waals surface area contributed by atoms with Gasteiger partial charge in [-0.05, 0) is 31.0 Å².